The zero-order valence-corrected chi connectivity index (χ0v) is 17.8. The van der Waals surface area contributed by atoms with E-state index >= 15 is 0 Å². The Balaban J connectivity index is 1.93. The Bertz CT molecular complexity index is 1200. The van der Waals surface area contributed by atoms with Gasteiger partial charge in [-0.2, -0.15) is 0 Å². The van der Waals surface area contributed by atoms with Gasteiger partial charge in [0.2, 0.25) is 0 Å². The number of hydrogen-bond acceptors (Lipinski definition) is 1. The van der Waals surface area contributed by atoms with E-state index in [9.17, 15) is 0 Å². The topological polar surface area (TPSA) is 12.4 Å². The summed E-state index contributed by atoms with van der Waals surface area (Å²) >= 11 is 0. The van der Waals surface area contributed by atoms with Crippen LogP contribution in [0.1, 0.15) is 24.5 Å². The molecule has 1 heterocycles. The van der Waals surface area contributed by atoms with Crippen LogP contribution in [0.5, 0.6) is 0 Å². The molecule has 2 aliphatic carbocycles. The maximum Gasteiger partial charge on any atom is 0.0710 e. The third-order valence-corrected chi connectivity index (χ3v) is 6.49. The molecule has 0 saturated heterocycles. The molecule has 0 unspecified atom stereocenters. The highest BCUT2D eigenvalue weighted by atomic mass is 14.7. The molecular formula is C30H25N. The molecule has 150 valence electrons. The quantitative estimate of drug-likeness (QED) is 0.506. The van der Waals surface area contributed by atoms with Crippen molar-refractivity contribution in [2.45, 2.75) is 18.8 Å². The lowest BCUT2D eigenvalue weighted by molar-refractivity contribution is 0.759. The van der Waals surface area contributed by atoms with Crippen molar-refractivity contribution in [3.05, 3.63) is 154 Å². The normalized spacial score (nSPS) is 26.5. The molecule has 1 nitrogen and oxygen atoms in total. The van der Waals surface area contributed by atoms with E-state index in [0.29, 0.717) is 0 Å². The Hall–Kier alpha value is -3.71. The lowest BCUT2D eigenvalue weighted by Crippen LogP contribution is -2.29. The minimum atomic E-state index is -0.380. The predicted molar refractivity (Wildman–Crippen MR) is 131 cm³/mol. The summed E-state index contributed by atoms with van der Waals surface area (Å²) in [5, 5.41) is 0. The lowest BCUT2D eigenvalue weighted by Gasteiger charge is -2.35. The van der Waals surface area contributed by atoms with Gasteiger partial charge in [0, 0.05) is 12.4 Å². The molecule has 0 atom stereocenters. The number of rotatable bonds is 2. The molecule has 0 bridgehead atoms. The van der Waals surface area contributed by atoms with Crippen LogP contribution in [-0.4, -0.2) is 6.21 Å². The van der Waals surface area contributed by atoms with E-state index in [1.165, 1.54) is 39.0 Å². The van der Waals surface area contributed by atoms with Gasteiger partial charge < -0.3 is 0 Å². The molecule has 1 aliphatic heterocycles. The van der Waals surface area contributed by atoms with Gasteiger partial charge in [0.05, 0.1) is 5.41 Å². The Morgan fingerprint density at radius 1 is 0.871 bits per heavy atom. The fourth-order valence-corrected chi connectivity index (χ4v) is 5.11. The van der Waals surface area contributed by atoms with Crippen molar-refractivity contribution in [3.63, 3.8) is 0 Å². The van der Waals surface area contributed by atoms with Crippen molar-refractivity contribution in [1.82, 2.24) is 0 Å². The van der Waals surface area contributed by atoms with Crippen molar-refractivity contribution < 1.29 is 0 Å². The monoisotopic (exact) mass is 399 g/mol. The molecule has 0 N–H and O–H groups in total. The van der Waals surface area contributed by atoms with Crippen LogP contribution in [0.15, 0.2) is 148 Å². The van der Waals surface area contributed by atoms with Gasteiger partial charge >= 0.3 is 0 Å². The molecule has 0 amide bonds. The first-order chi connectivity index (χ1) is 15.2. The zero-order chi connectivity index (χ0) is 21.3. The fraction of sp³-hybridized carbons (Fsp3) is 0.100. The van der Waals surface area contributed by atoms with Crippen molar-refractivity contribution >= 4 is 6.21 Å². The summed E-state index contributed by atoms with van der Waals surface area (Å²) in [6, 6.07) is 21.7. The molecule has 0 fully saturated rings. The second-order valence-electron chi connectivity index (χ2n) is 8.09. The van der Waals surface area contributed by atoms with Crippen LogP contribution < -0.4 is 0 Å². The summed E-state index contributed by atoms with van der Waals surface area (Å²) in [6.07, 6.45) is 17.5. The number of nitrogens with zero attached hydrogens (tertiary/aromatic N) is 1. The SMILES string of the molecule is C=C1\C=C/C=C\N=C\C=C2/C(=C/1C)C1=C(C=CC1)C2(c1ccccc1)c1ccccc1. The van der Waals surface area contributed by atoms with E-state index in [2.05, 4.69) is 103 Å². The molecular weight excluding hydrogens is 374 g/mol. The van der Waals surface area contributed by atoms with Crippen LogP contribution >= 0.6 is 0 Å². The van der Waals surface area contributed by atoms with Crippen LogP contribution in [0.2, 0.25) is 0 Å². The minimum absolute atomic E-state index is 0.380. The standard InChI is InChI=1S/C30H25N/c1-22-12-9-10-20-31-21-19-28-29(23(22)2)26-17-11-18-27(26)30(28,24-13-5-3-6-14-24)25-15-7-4-8-16-25/h3-16,18-21H,1,17H2,2H3/b12-9-,20-10-,28-19+,29-23+,31-21+. The smallest absolute Gasteiger partial charge is 0.0710 e. The highest BCUT2D eigenvalue weighted by Crippen LogP contribution is 2.59. The minimum Gasteiger partial charge on any atom is -0.265 e. The Morgan fingerprint density at radius 3 is 2.23 bits per heavy atom. The number of fused-ring (bicyclic) bond motifs is 2. The highest BCUT2D eigenvalue weighted by Gasteiger charge is 2.50. The Labute approximate surface area is 184 Å². The van der Waals surface area contributed by atoms with E-state index in [1.54, 1.807) is 0 Å². The summed E-state index contributed by atoms with van der Waals surface area (Å²) < 4.78 is 0. The lowest BCUT2D eigenvalue weighted by atomic mass is 9.66. The predicted octanol–water partition coefficient (Wildman–Crippen LogP) is 7.20. The van der Waals surface area contributed by atoms with Crippen LogP contribution in [0, 0.1) is 0 Å². The maximum atomic E-state index is 4.51. The molecule has 5 rings (SSSR count). The largest absolute Gasteiger partial charge is 0.265 e. The van der Waals surface area contributed by atoms with Gasteiger partial charge in [-0.3, -0.25) is 4.99 Å². The van der Waals surface area contributed by atoms with Gasteiger partial charge in [0.15, 0.2) is 0 Å². The fourth-order valence-electron chi connectivity index (χ4n) is 5.11. The van der Waals surface area contributed by atoms with Gasteiger partial charge in [-0.15, -0.1) is 0 Å². The average molecular weight is 400 g/mol. The zero-order valence-electron chi connectivity index (χ0n) is 17.8. The number of hydrogen-bond donors (Lipinski definition) is 0. The molecule has 3 aliphatic rings. The van der Waals surface area contributed by atoms with Gasteiger partial charge in [-0.25, -0.2) is 0 Å². The summed E-state index contributed by atoms with van der Waals surface area (Å²) in [7, 11) is 0. The van der Waals surface area contributed by atoms with E-state index in [1.807, 2.05) is 24.6 Å². The van der Waals surface area contributed by atoms with Crippen molar-refractivity contribution in [2.75, 3.05) is 0 Å². The molecule has 0 saturated carbocycles. The molecule has 0 aromatic heterocycles. The van der Waals surface area contributed by atoms with E-state index in [0.717, 1.165) is 12.0 Å². The van der Waals surface area contributed by atoms with Gasteiger partial charge in [0.1, 0.15) is 0 Å². The number of aliphatic imine (C=N–C) groups is 1. The third kappa shape index (κ3) is 2.97. The molecule has 1 heteroatoms. The van der Waals surface area contributed by atoms with E-state index in [4.69, 9.17) is 0 Å². The van der Waals surface area contributed by atoms with Gasteiger partial charge in [-0.1, -0.05) is 91.5 Å². The number of benzene rings is 2. The van der Waals surface area contributed by atoms with Crippen LogP contribution in [-0.2, 0) is 5.41 Å². The molecule has 0 spiro atoms. The van der Waals surface area contributed by atoms with Crippen molar-refractivity contribution in [3.8, 4) is 0 Å². The Kier molecular flexibility index (Phi) is 4.88. The summed E-state index contributed by atoms with van der Waals surface area (Å²) in [5.41, 5.74) is 9.74. The maximum absolute atomic E-state index is 4.51. The number of allylic oxidation sites excluding steroid dienone is 12. The van der Waals surface area contributed by atoms with Crippen LogP contribution in [0.4, 0.5) is 0 Å². The second-order valence-corrected chi connectivity index (χ2v) is 8.09. The third-order valence-electron chi connectivity index (χ3n) is 6.49. The highest BCUT2D eigenvalue weighted by molar-refractivity contribution is 5.85. The van der Waals surface area contributed by atoms with Gasteiger partial charge in [0.25, 0.3) is 0 Å². The molecule has 2 aromatic carbocycles. The molecule has 2 aromatic rings. The first-order valence-corrected chi connectivity index (χ1v) is 10.7. The van der Waals surface area contributed by atoms with Crippen molar-refractivity contribution in [2.24, 2.45) is 4.99 Å². The first kappa shape index (κ1) is 19.3. The summed E-state index contributed by atoms with van der Waals surface area (Å²) in [6.45, 7) is 6.58. The molecule has 0 radical (unpaired) electrons. The summed E-state index contributed by atoms with van der Waals surface area (Å²) in [4.78, 5) is 4.51. The first-order valence-electron chi connectivity index (χ1n) is 10.7. The average Bonchev–Trinajstić information content (AvgIpc) is 3.38. The molecule has 31 heavy (non-hydrogen) atoms. The Morgan fingerprint density at radius 2 is 1.55 bits per heavy atom. The van der Waals surface area contributed by atoms with E-state index < -0.39 is 0 Å². The second kappa shape index (κ2) is 7.85. The van der Waals surface area contributed by atoms with Gasteiger partial charge in [-0.05, 0) is 70.1 Å². The van der Waals surface area contributed by atoms with Crippen LogP contribution in [0.25, 0.3) is 0 Å². The van der Waals surface area contributed by atoms with Crippen molar-refractivity contribution in [1.29, 1.82) is 0 Å². The van der Waals surface area contributed by atoms with E-state index in [-0.39, 0.29) is 5.41 Å². The summed E-state index contributed by atoms with van der Waals surface area (Å²) in [5.74, 6) is 0. The van der Waals surface area contributed by atoms with Crippen LogP contribution in [0.3, 0.4) is 0 Å².